The van der Waals surface area contributed by atoms with Gasteiger partial charge in [-0.05, 0) is 37.5 Å². The van der Waals surface area contributed by atoms with Gasteiger partial charge in [-0.1, -0.05) is 18.6 Å². The fourth-order valence-electron chi connectivity index (χ4n) is 2.88. The van der Waals surface area contributed by atoms with Gasteiger partial charge in [0.25, 0.3) is 0 Å². The number of fused-ring (bicyclic) bond motifs is 1. The van der Waals surface area contributed by atoms with Crippen LogP contribution < -0.4 is 0 Å². The highest BCUT2D eigenvalue weighted by Crippen LogP contribution is 2.39. The van der Waals surface area contributed by atoms with Crippen LogP contribution in [0.1, 0.15) is 32.1 Å². The summed E-state index contributed by atoms with van der Waals surface area (Å²) in [4.78, 5) is 0. The van der Waals surface area contributed by atoms with E-state index < -0.39 is 0 Å². The van der Waals surface area contributed by atoms with Crippen LogP contribution in [0.4, 0.5) is 0 Å². The molecule has 2 rings (SSSR count). The second-order valence-corrected chi connectivity index (χ2v) is 4.41. The van der Waals surface area contributed by atoms with Crippen LogP contribution in [0, 0.1) is 11.8 Å². The minimum absolute atomic E-state index is 0.0935. The maximum atomic E-state index is 10.4. The van der Waals surface area contributed by atoms with Crippen LogP contribution in [0.3, 0.4) is 0 Å². The first-order chi connectivity index (χ1) is 6.92. The molecule has 0 amide bonds. The topological polar surface area (TPSA) is 29.1 Å². The number of hydrogen-bond donors (Lipinski definition) is 0. The van der Waals surface area contributed by atoms with Crippen molar-refractivity contribution in [1.82, 2.24) is 0 Å². The fourth-order valence-corrected chi connectivity index (χ4v) is 2.88. The molecule has 2 nitrogen and oxygen atoms in total. The normalized spacial score (nSPS) is 36.8. The van der Waals surface area contributed by atoms with E-state index in [0.717, 1.165) is 18.8 Å². The summed E-state index contributed by atoms with van der Waals surface area (Å²) in [5.41, 5.74) is 0. The first kappa shape index (κ1) is 10.2. The summed E-state index contributed by atoms with van der Waals surface area (Å²) >= 11 is 0. The lowest BCUT2D eigenvalue weighted by Crippen LogP contribution is -2.35. The van der Waals surface area contributed by atoms with Crippen molar-refractivity contribution < 1.29 is 9.84 Å². The maximum absolute atomic E-state index is 10.4. The molecule has 0 aliphatic heterocycles. The highest BCUT2D eigenvalue weighted by Gasteiger charge is 2.33. The molecular weight excluding hydrogens is 176 g/mol. The van der Waals surface area contributed by atoms with Gasteiger partial charge in [-0.3, -0.25) is 0 Å². The van der Waals surface area contributed by atoms with Crippen molar-refractivity contribution in [3.05, 3.63) is 12.2 Å². The molecule has 0 saturated heterocycles. The van der Waals surface area contributed by atoms with Crippen LogP contribution in [0.2, 0.25) is 0 Å². The number of hydrogen-bond acceptors (Lipinski definition) is 1. The predicted octanol–water partition coefficient (Wildman–Crippen LogP) is 2.57. The van der Waals surface area contributed by atoms with Gasteiger partial charge in [0.1, 0.15) is 6.61 Å². The number of ether oxygens (including phenoxy) is 1. The SMILES string of the molecule is [O]CCOC1CCCC2CC=CCC21. The Bertz CT molecular complexity index is 200. The van der Waals surface area contributed by atoms with Gasteiger partial charge in [0, 0.05) is 0 Å². The van der Waals surface area contributed by atoms with E-state index in [-0.39, 0.29) is 6.61 Å². The molecule has 1 fully saturated rings. The van der Waals surface area contributed by atoms with Crippen LogP contribution in [0.15, 0.2) is 12.2 Å². The molecule has 0 heterocycles. The highest BCUT2D eigenvalue weighted by molar-refractivity contribution is 4.98. The molecule has 0 spiro atoms. The van der Waals surface area contributed by atoms with E-state index in [0.29, 0.717) is 18.6 Å². The van der Waals surface area contributed by atoms with Crippen LogP contribution in [-0.2, 0) is 9.84 Å². The summed E-state index contributed by atoms with van der Waals surface area (Å²) in [6, 6.07) is 0. The Morgan fingerprint density at radius 3 is 2.93 bits per heavy atom. The largest absolute Gasteiger partial charge is 0.375 e. The molecule has 14 heavy (non-hydrogen) atoms. The highest BCUT2D eigenvalue weighted by atomic mass is 16.5. The van der Waals surface area contributed by atoms with Gasteiger partial charge in [-0.2, -0.15) is 0 Å². The molecule has 0 aromatic carbocycles. The average Bonchev–Trinajstić information content (AvgIpc) is 2.26. The van der Waals surface area contributed by atoms with Gasteiger partial charge < -0.3 is 4.74 Å². The summed E-state index contributed by atoms with van der Waals surface area (Å²) in [6.07, 6.45) is 11.1. The maximum Gasteiger partial charge on any atom is 0.106 e. The number of allylic oxidation sites excluding steroid dienone is 2. The molecule has 79 valence electrons. The van der Waals surface area contributed by atoms with Crippen molar-refractivity contribution >= 4 is 0 Å². The van der Waals surface area contributed by atoms with Crippen molar-refractivity contribution in [2.45, 2.75) is 38.2 Å². The molecule has 2 heteroatoms. The molecule has 3 atom stereocenters. The molecule has 0 aromatic rings. The molecule has 3 unspecified atom stereocenters. The van der Waals surface area contributed by atoms with E-state index in [1.807, 2.05) is 0 Å². The predicted molar refractivity (Wildman–Crippen MR) is 54.5 cm³/mol. The number of rotatable bonds is 3. The Kier molecular flexibility index (Phi) is 3.60. The lowest BCUT2D eigenvalue weighted by molar-refractivity contribution is -0.0522. The fraction of sp³-hybridized carbons (Fsp3) is 0.833. The Labute approximate surface area is 86.0 Å². The van der Waals surface area contributed by atoms with Gasteiger partial charge in [0.05, 0.1) is 12.7 Å². The monoisotopic (exact) mass is 195 g/mol. The lowest BCUT2D eigenvalue weighted by Gasteiger charge is -2.39. The molecule has 1 saturated carbocycles. The minimum Gasteiger partial charge on any atom is -0.375 e. The average molecular weight is 195 g/mol. The Hall–Kier alpha value is -0.340. The zero-order valence-corrected chi connectivity index (χ0v) is 8.65. The van der Waals surface area contributed by atoms with Crippen molar-refractivity contribution in [2.24, 2.45) is 11.8 Å². The molecule has 2 aliphatic carbocycles. The molecule has 0 N–H and O–H groups in total. The molecule has 0 bridgehead atoms. The van der Waals surface area contributed by atoms with E-state index in [2.05, 4.69) is 12.2 Å². The summed E-state index contributed by atoms with van der Waals surface area (Å²) < 4.78 is 5.66. The standard InChI is InChI=1S/C12H19O2/c13-8-9-14-12-7-3-5-10-4-1-2-6-11(10)12/h1-2,10-12H,3-9H2. The van der Waals surface area contributed by atoms with Gasteiger partial charge in [0.2, 0.25) is 0 Å². The Balaban J connectivity index is 1.92. The first-order valence-electron chi connectivity index (χ1n) is 5.76. The van der Waals surface area contributed by atoms with E-state index in [9.17, 15) is 5.11 Å². The van der Waals surface area contributed by atoms with Gasteiger partial charge in [-0.25, -0.2) is 5.11 Å². The molecule has 0 aromatic heterocycles. The van der Waals surface area contributed by atoms with Crippen molar-refractivity contribution in [3.8, 4) is 0 Å². The van der Waals surface area contributed by atoms with Crippen LogP contribution in [0.25, 0.3) is 0 Å². The van der Waals surface area contributed by atoms with E-state index in [1.54, 1.807) is 0 Å². The van der Waals surface area contributed by atoms with Crippen LogP contribution in [0.5, 0.6) is 0 Å². The summed E-state index contributed by atoms with van der Waals surface area (Å²) in [7, 11) is 0. The van der Waals surface area contributed by atoms with E-state index >= 15 is 0 Å². The van der Waals surface area contributed by atoms with E-state index in [1.165, 1.54) is 19.3 Å². The molecule has 2 aliphatic rings. The molecule has 1 radical (unpaired) electrons. The third-order valence-corrected chi connectivity index (χ3v) is 3.58. The first-order valence-corrected chi connectivity index (χ1v) is 5.76. The van der Waals surface area contributed by atoms with Gasteiger partial charge in [0.15, 0.2) is 0 Å². The zero-order valence-electron chi connectivity index (χ0n) is 8.65. The van der Waals surface area contributed by atoms with E-state index in [4.69, 9.17) is 4.74 Å². The second kappa shape index (κ2) is 4.94. The van der Waals surface area contributed by atoms with Crippen LogP contribution in [-0.4, -0.2) is 19.3 Å². The summed E-state index contributed by atoms with van der Waals surface area (Å²) in [5, 5.41) is 10.4. The van der Waals surface area contributed by atoms with Crippen molar-refractivity contribution in [2.75, 3.05) is 13.2 Å². The lowest BCUT2D eigenvalue weighted by atomic mass is 9.72. The quantitative estimate of drug-likeness (QED) is 0.636. The van der Waals surface area contributed by atoms with Crippen molar-refractivity contribution in [1.29, 1.82) is 0 Å². The van der Waals surface area contributed by atoms with Crippen LogP contribution >= 0.6 is 0 Å². The molecular formula is C12H19O2. The Morgan fingerprint density at radius 2 is 2.07 bits per heavy atom. The third kappa shape index (κ3) is 2.18. The third-order valence-electron chi connectivity index (χ3n) is 3.58. The second-order valence-electron chi connectivity index (χ2n) is 4.41. The Morgan fingerprint density at radius 1 is 1.21 bits per heavy atom. The smallest absolute Gasteiger partial charge is 0.106 e. The zero-order chi connectivity index (χ0) is 9.80. The minimum atomic E-state index is -0.0935. The van der Waals surface area contributed by atoms with Gasteiger partial charge >= 0.3 is 0 Å². The van der Waals surface area contributed by atoms with Crippen molar-refractivity contribution in [3.63, 3.8) is 0 Å². The van der Waals surface area contributed by atoms with Gasteiger partial charge in [-0.15, -0.1) is 0 Å². The summed E-state index contributed by atoms with van der Waals surface area (Å²) in [6.45, 7) is 0.307. The summed E-state index contributed by atoms with van der Waals surface area (Å²) in [5.74, 6) is 1.52.